The highest BCUT2D eigenvalue weighted by molar-refractivity contribution is 6.32. The number of halogens is 1. The first-order valence-corrected chi connectivity index (χ1v) is 14.4. The van der Waals surface area contributed by atoms with Crippen LogP contribution in [0.1, 0.15) is 81.8 Å². The summed E-state index contributed by atoms with van der Waals surface area (Å²) in [5, 5.41) is 14.0. The fourth-order valence-corrected chi connectivity index (χ4v) is 6.40. The average molecular weight is 566 g/mol. The normalized spacial score (nSPS) is 21.6. The number of allylic oxidation sites excluding steroid dienone is 3. The second-order valence-corrected chi connectivity index (χ2v) is 11.1. The number of Topliss-reactive ketones (excluding diaryl/α,β-unsaturated/α-hetero) is 1. The van der Waals surface area contributed by atoms with Crippen LogP contribution in [-0.4, -0.2) is 36.7 Å². The van der Waals surface area contributed by atoms with Crippen LogP contribution in [-0.2, 0) is 14.3 Å². The van der Waals surface area contributed by atoms with Crippen molar-refractivity contribution < 1.29 is 28.9 Å². The van der Waals surface area contributed by atoms with Crippen molar-refractivity contribution in [1.82, 2.24) is 5.32 Å². The zero-order chi connectivity index (χ0) is 28.4. The largest absolute Gasteiger partial charge is 0.503 e. The molecule has 0 saturated heterocycles. The van der Waals surface area contributed by atoms with Crippen LogP contribution in [0.2, 0.25) is 5.02 Å². The Morgan fingerprint density at radius 1 is 1.07 bits per heavy atom. The molecule has 2 aromatic carbocycles. The predicted molar refractivity (Wildman–Crippen MR) is 153 cm³/mol. The summed E-state index contributed by atoms with van der Waals surface area (Å²) < 4.78 is 17.0. The number of ketones is 1. The lowest BCUT2D eigenvalue weighted by atomic mass is 9.71. The molecule has 0 radical (unpaired) electrons. The van der Waals surface area contributed by atoms with Gasteiger partial charge in [0, 0.05) is 29.3 Å². The number of phenolic OH excluding ortho intramolecular Hbond substituents is 1. The Hall–Kier alpha value is -3.45. The number of hydrogen-bond acceptors (Lipinski definition) is 7. The Balaban J connectivity index is 1.57. The highest BCUT2D eigenvalue weighted by Gasteiger charge is 2.42. The van der Waals surface area contributed by atoms with Crippen LogP contribution >= 0.6 is 11.6 Å². The molecule has 1 fully saturated rings. The molecule has 7 nitrogen and oxygen atoms in total. The predicted octanol–water partition coefficient (Wildman–Crippen LogP) is 6.69. The number of aromatic hydroxyl groups is 1. The Bertz CT molecular complexity index is 1360. The third kappa shape index (κ3) is 5.57. The molecule has 0 bridgehead atoms. The van der Waals surface area contributed by atoms with E-state index >= 15 is 0 Å². The number of dihydropyridines is 1. The van der Waals surface area contributed by atoms with Crippen LogP contribution in [0.5, 0.6) is 17.2 Å². The lowest BCUT2D eigenvalue weighted by Gasteiger charge is -2.37. The number of hydrogen-bond donors (Lipinski definition) is 2. The molecule has 2 aliphatic carbocycles. The molecule has 3 aliphatic rings. The minimum Gasteiger partial charge on any atom is -0.503 e. The van der Waals surface area contributed by atoms with Crippen molar-refractivity contribution >= 4 is 23.4 Å². The first-order valence-electron chi connectivity index (χ1n) is 14.0. The van der Waals surface area contributed by atoms with Gasteiger partial charge < -0.3 is 24.6 Å². The first kappa shape index (κ1) is 28.1. The van der Waals surface area contributed by atoms with E-state index in [1.54, 1.807) is 19.2 Å². The number of esters is 1. The van der Waals surface area contributed by atoms with Gasteiger partial charge in [0.1, 0.15) is 11.9 Å². The molecular weight excluding hydrogens is 530 g/mol. The summed E-state index contributed by atoms with van der Waals surface area (Å²) in [4.78, 5) is 27.7. The number of carbonyl (C=O) groups is 2. The molecular formula is C32H36ClNO6. The van der Waals surface area contributed by atoms with E-state index in [1.165, 1.54) is 0 Å². The topological polar surface area (TPSA) is 94.1 Å². The molecule has 0 spiro atoms. The standard InChI is InChI=1S/C32H36ClNO6/c1-4-39-27-17-21(14-24(33)31(27)36)29-28(32(37)40-23-8-6-5-7-9-23)18(2)34-25-15-20(16-26(35)30(25)29)19-10-12-22(38-3)13-11-19/h10-14,17,20,23,29,34,36H,4-9,15-16H2,1-3H3/t20-,29-/m0/s1. The summed E-state index contributed by atoms with van der Waals surface area (Å²) in [6.45, 7) is 3.98. The van der Waals surface area contributed by atoms with Gasteiger partial charge in [-0.1, -0.05) is 30.2 Å². The van der Waals surface area contributed by atoms with Gasteiger partial charge in [-0.3, -0.25) is 4.79 Å². The number of rotatable bonds is 7. The van der Waals surface area contributed by atoms with Crippen molar-refractivity contribution in [2.45, 2.75) is 76.7 Å². The Morgan fingerprint density at radius 3 is 2.48 bits per heavy atom. The lowest BCUT2D eigenvalue weighted by Crippen LogP contribution is -2.37. The van der Waals surface area contributed by atoms with Gasteiger partial charge in [0.15, 0.2) is 17.3 Å². The van der Waals surface area contributed by atoms with Crippen LogP contribution in [0.3, 0.4) is 0 Å². The van der Waals surface area contributed by atoms with Crippen molar-refractivity contribution in [2.75, 3.05) is 13.7 Å². The maximum absolute atomic E-state index is 13.9. The molecule has 0 amide bonds. The summed E-state index contributed by atoms with van der Waals surface area (Å²) in [5.74, 6) is -0.390. The molecule has 2 aromatic rings. The molecule has 40 heavy (non-hydrogen) atoms. The van der Waals surface area contributed by atoms with Crippen LogP contribution in [0, 0.1) is 0 Å². The molecule has 0 unspecified atom stereocenters. The fraction of sp³-hybridized carbons (Fsp3) is 0.438. The van der Waals surface area contributed by atoms with E-state index < -0.39 is 11.9 Å². The van der Waals surface area contributed by atoms with E-state index in [0.29, 0.717) is 41.9 Å². The zero-order valence-corrected chi connectivity index (χ0v) is 24.0. The number of carbonyl (C=O) groups excluding carboxylic acids is 2. The minimum atomic E-state index is -0.700. The smallest absolute Gasteiger partial charge is 0.337 e. The van der Waals surface area contributed by atoms with Crippen LogP contribution < -0.4 is 14.8 Å². The number of methoxy groups -OCH3 is 1. The summed E-state index contributed by atoms with van der Waals surface area (Å²) in [5.41, 5.74) is 4.02. The van der Waals surface area contributed by atoms with Gasteiger partial charge in [0.05, 0.1) is 24.3 Å². The highest BCUT2D eigenvalue weighted by atomic mass is 35.5. The minimum absolute atomic E-state index is 0.0174. The molecule has 1 aliphatic heterocycles. The third-order valence-electron chi connectivity index (χ3n) is 8.14. The molecule has 212 valence electrons. The molecule has 1 heterocycles. The van der Waals surface area contributed by atoms with Crippen LogP contribution in [0.15, 0.2) is 58.9 Å². The molecule has 2 atom stereocenters. The Kier molecular flexibility index (Phi) is 8.40. The van der Waals surface area contributed by atoms with Crippen molar-refractivity contribution in [3.8, 4) is 17.2 Å². The first-order chi connectivity index (χ1) is 19.3. The maximum Gasteiger partial charge on any atom is 0.337 e. The van der Waals surface area contributed by atoms with Gasteiger partial charge in [-0.2, -0.15) is 0 Å². The van der Waals surface area contributed by atoms with Crippen LogP contribution in [0.25, 0.3) is 0 Å². The van der Waals surface area contributed by atoms with Gasteiger partial charge in [-0.25, -0.2) is 4.79 Å². The molecule has 2 N–H and O–H groups in total. The number of ether oxygens (including phenoxy) is 3. The number of phenols is 1. The molecule has 1 saturated carbocycles. The van der Waals surface area contributed by atoms with E-state index in [9.17, 15) is 14.7 Å². The molecule has 0 aromatic heterocycles. The quantitative estimate of drug-likeness (QED) is 0.361. The Morgan fingerprint density at radius 2 is 1.80 bits per heavy atom. The van der Waals surface area contributed by atoms with Gasteiger partial charge in [-0.05, 0) is 87.3 Å². The fourth-order valence-electron chi connectivity index (χ4n) is 6.18. The lowest BCUT2D eigenvalue weighted by molar-refractivity contribution is -0.146. The van der Waals surface area contributed by atoms with E-state index in [1.807, 2.05) is 38.1 Å². The van der Waals surface area contributed by atoms with Crippen LogP contribution in [0.4, 0.5) is 0 Å². The molecule has 8 heteroatoms. The van der Waals surface area contributed by atoms with Gasteiger partial charge in [0.2, 0.25) is 0 Å². The second-order valence-electron chi connectivity index (χ2n) is 10.7. The van der Waals surface area contributed by atoms with Crippen molar-refractivity contribution in [2.24, 2.45) is 0 Å². The van der Waals surface area contributed by atoms with Crippen molar-refractivity contribution in [3.63, 3.8) is 0 Å². The van der Waals surface area contributed by atoms with E-state index in [0.717, 1.165) is 49.1 Å². The van der Waals surface area contributed by atoms with Gasteiger partial charge >= 0.3 is 5.97 Å². The van der Waals surface area contributed by atoms with E-state index in [-0.39, 0.29) is 34.3 Å². The van der Waals surface area contributed by atoms with E-state index in [4.69, 9.17) is 25.8 Å². The zero-order valence-electron chi connectivity index (χ0n) is 23.2. The second kappa shape index (κ2) is 12.0. The SMILES string of the molecule is CCOc1cc([C@H]2C(C(=O)OC3CCCCC3)=C(C)NC3=C2C(=O)C[C@@H](c2ccc(OC)cc2)C3)cc(Cl)c1O. The highest BCUT2D eigenvalue weighted by Crippen LogP contribution is 2.48. The summed E-state index contributed by atoms with van der Waals surface area (Å²) in [6, 6.07) is 11.1. The van der Waals surface area contributed by atoms with Crippen molar-refractivity contribution in [1.29, 1.82) is 0 Å². The summed E-state index contributed by atoms with van der Waals surface area (Å²) >= 11 is 6.44. The summed E-state index contributed by atoms with van der Waals surface area (Å²) in [6.07, 6.45) is 5.66. The maximum atomic E-state index is 13.9. The Labute approximate surface area is 240 Å². The van der Waals surface area contributed by atoms with Crippen molar-refractivity contribution in [3.05, 3.63) is 75.1 Å². The number of benzene rings is 2. The average Bonchev–Trinajstić information content (AvgIpc) is 2.95. The van der Waals surface area contributed by atoms with E-state index in [2.05, 4.69) is 5.32 Å². The summed E-state index contributed by atoms with van der Waals surface area (Å²) in [7, 11) is 1.63. The third-order valence-corrected chi connectivity index (χ3v) is 8.43. The monoisotopic (exact) mass is 565 g/mol. The van der Waals surface area contributed by atoms with Gasteiger partial charge in [0.25, 0.3) is 0 Å². The van der Waals surface area contributed by atoms with Gasteiger partial charge in [-0.15, -0.1) is 0 Å². The number of nitrogens with one attached hydrogen (secondary N) is 1. The molecule has 5 rings (SSSR count).